The van der Waals surface area contributed by atoms with Crippen molar-refractivity contribution >= 4 is 64.2 Å². The van der Waals surface area contributed by atoms with Gasteiger partial charge in [0.1, 0.15) is 11.2 Å². The van der Waals surface area contributed by atoms with Crippen LogP contribution in [0.3, 0.4) is 0 Å². The Morgan fingerprint density at radius 3 is 1.90 bits per heavy atom. The van der Waals surface area contributed by atoms with Gasteiger partial charge in [-0.05, 0) is 52.9 Å². The number of hydrogen-bond acceptors (Lipinski definition) is 5. The number of hydrogen-bond donors (Lipinski definition) is 0. The molecule has 3 aromatic heterocycles. The number of thiophene rings is 1. The Hall–Kier alpha value is -6.17. The Morgan fingerprint density at radius 1 is 0.396 bits per heavy atom. The molecule has 5 heteroatoms. The van der Waals surface area contributed by atoms with Crippen molar-refractivity contribution in [3.63, 3.8) is 0 Å². The molecule has 7 aromatic carbocycles. The number of fused-ring (bicyclic) bond motifs is 8. The average molecular weight is 632 g/mol. The fourth-order valence-electron chi connectivity index (χ4n) is 6.89. The van der Waals surface area contributed by atoms with Gasteiger partial charge in [0, 0.05) is 53.0 Å². The second-order valence-corrected chi connectivity index (χ2v) is 13.1. The summed E-state index contributed by atoms with van der Waals surface area (Å²) in [7, 11) is 0. The standard InChI is InChI=1S/C43H25N3OS/c1-3-12-26(13-4-1)28-22-23-30-33(24-28)35(25-34-29-16-7-9-19-36(29)47-40(30)34)43-45-41(27-14-5-2-6-15-27)44-42(46-43)32-18-11-21-38-39(32)31-17-8-10-20-37(31)48-38/h1-25H. The molecule has 224 valence electrons. The van der Waals surface area contributed by atoms with Crippen molar-refractivity contribution in [2.45, 2.75) is 0 Å². The van der Waals surface area contributed by atoms with E-state index in [1.807, 2.05) is 36.4 Å². The maximum atomic E-state index is 6.52. The summed E-state index contributed by atoms with van der Waals surface area (Å²) in [6.07, 6.45) is 0. The van der Waals surface area contributed by atoms with Crippen LogP contribution < -0.4 is 0 Å². The van der Waals surface area contributed by atoms with Crippen molar-refractivity contribution < 1.29 is 4.42 Å². The van der Waals surface area contributed by atoms with Crippen molar-refractivity contribution in [2.75, 3.05) is 0 Å². The monoisotopic (exact) mass is 631 g/mol. The highest BCUT2D eigenvalue weighted by molar-refractivity contribution is 7.25. The lowest BCUT2D eigenvalue weighted by Crippen LogP contribution is -2.01. The molecule has 4 nitrogen and oxygen atoms in total. The van der Waals surface area contributed by atoms with E-state index >= 15 is 0 Å². The molecule has 0 spiro atoms. The predicted molar refractivity (Wildman–Crippen MR) is 199 cm³/mol. The number of benzene rings is 7. The van der Waals surface area contributed by atoms with E-state index in [0.717, 1.165) is 60.5 Å². The predicted octanol–water partition coefficient (Wildman–Crippen LogP) is 12.0. The molecule has 0 aliphatic carbocycles. The summed E-state index contributed by atoms with van der Waals surface area (Å²) >= 11 is 1.79. The topological polar surface area (TPSA) is 51.8 Å². The Bertz CT molecular complexity index is 2840. The van der Waals surface area contributed by atoms with Crippen LogP contribution in [0.25, 0.3) is 98.2 Å². The minimum atomic E-state index is 0.623. The maximum Gasteiger partial charge on any atom is 0.164 e. The fourth-order valence-corrected chi connectivity index (χ4v) is 8.02. The van der Waals surface area contributed by atoms with Crippen LogP contribution in [-0.4, -0.2) is 15.0 Å². The average Bonchev–Trinajstić information content (AvgIpc) is 3.73. The molecule has 0 saturated heterocycles. The first-order valence-electron chi connectivity index (χ1n) is 15.9. The molecule has 0 N–H and O–H groups in total. The normalized spacial score (nSPS) is 11.8. The van der Waals surface area contributed by atoms with Gasteiger partial charge in [-0.3, -0.25) is 0 Å². The van der Waals surface area contributed by atoms with Crippen molar-refractivity contribution in [3.05, 3.63) is 152 Å². The van der Waals surface area contributed by atoms with Gasteiger partial charge in [-0.25, -0.2) is 15.0 Å². The first-order chi connectivity index (χ1) is 23.8. The summed E-state index contributed by atoms with van der Waals surface area (Å²) < 4.78 is 8.97. The lowest BCUT2D eigenvalue weighted by atomic mass is 9.95. The van der Waals surface area contributed by atoms with Crippen LogP contribution in [0, 0.1) is 0 Å². The van der Waals surface area contributed by atoms with E-state index in [-0.39, 0.29) is 0 Å². The molecule has 10 aromatic rings. The zero-order valence-electron chi connectivity index (χ0n) is 25.6. The summed E-state index contributed by atoms with van der Waals surface area (Å²) in [4.78, 5) is 15.7. The van der Waals surface area contributed by atoms with Crippen LogP contribution in [0.5, 0.6) is 0 Å². The number of para-hydroxylation sites is 1. The zero-order chi connectivity index (χ0) is 31.6. The molecule has 0 aliphatic rings. The Balaban J connectivity index is 1.31. The van der Waals surface area contributed by atoms with Crippen molar-refractivity contribution in [3.8, 4) is 45.3 Å². The van der Waals surface area contributed by atoms with Gasteiger partial charge in [0.05, 0.1) is 0 Å². The van der Waals surface area contributed by atoms with Crippen LogP contribution in [0.2, 0.25) is 0 Å². The minimum absolute atomic E-state index is 0.623. The third-order valence-electron chi connectivity index (χ3n) is 9.14. The minimum Gasteiger partial charge on any atom is -0.455 e. The molecular formula is C43H25N3OS. The summed E-state index contributed by atoms with van der Waals surface area (Å²) in [5.74, 6) is 1.91. The zero-order valence-corrected chi connectivity index (χ0v) is 26.4. The molecule has 0 aliphatic heterocycles. The molecule has 10 rings (SSSR count). The van der Waals surface area contributed by atoms with Gasteiger partial charge >= 0.3 is 0 Å². The number of rotatable bonds is 4. The van der Waals surface area contributed by atoms with Gasteiger partial charge in [-0.15, -0.1) is 11.3 Å². The quantitative estimate of drug-likeness (QED) is 0.194. The van der Waals surface area contributed by atoms with Crippen molar-refractivity contribution in [2.24, 2.45) is 0 Å². The van der Waals surface area contributed by atoms with Crippen LogP contribution in [0.1, 0.15) is 0 Å². The summed E-state index contributed by atoms with van der Waals surface area (Å²) in [5.41, 5.74) is 6.85. The first-order valence-corrected chi connectivity index (χ1v) is 16.8. The highest BCUT2D eigenvalue weighted by Gasteiger charge is 2.21. The van der Waals surface area contributed by atoms with Gasteiger partial charge in [0.15, 0.2) is 17.5 Å². The van der Waals surface area contributed by atoms with Crippen LogP contribution in [0.4, 0.5) is 0 Å². The van der Waals surface area contributed by atoms with E-state index in [0.29, 0.717) is 17.5 Å². The summed E-state index contributed by atoms with van der Waals surface area (Å²) in [6, 6.07) is 52.6. The summed E-state index contributed by atoms with van der Waals surface area (Å²) in [5, 5.41) is 6.53. The lowest BCUT2D eigenvalue weighted by Gasteiger charge is -2.13. The molecule has 48 heavy (non-hydrogen) atoms. The van der Waals surface area contributed by atoms with Crippen LogP contribution >= 0.6 is 11.3 Å². The second-order valence-electron chi connectivity index (χ2n) is 12.0. The Kier molecular flexibility index (Phi) is 6.01. The van der Waals surface area contributed by atoms with E-state index in [2.05, 4.69) is 115 Å². The highest BCUT2D eigenvalue weighted by atomic mass is 32.1. The molecule has 0 bridgehead atoms. The van der Waals surface area contributed by atoms with Crippen LogP contribution in [0.15, 0.2) is 156 Å². The molecule has 0 amide bonds. The van der Waals surface area contributed by atoms with Crippen molar-refractivity contribution in [1.29, 1.82) is 0 Å². The second kappa shape index (κ2) is 10.7. The molecular weight excluding hydrogens is 607 g/mol. The molecule has 0 saturated carbocycles. The number of nitrogens with zero attached hydrogens (tertiary/aromatic N) is 3. The fraction of sp³-hybridized carbons (Fsp3) is 0. The molecule has 0 fully saturated rings. The maximum absolute atomic E-state index is 6.52. The van der Waals surface area contributed by atoms with E-state index in [9.17, 15) is 0 Å². The van der Waals surface area contributed by atoms with Crippen molar-refractivity contribution in [1.82, 2.24) is 15.0 Å². The largest absolute Gasteiger partial charge is 0.455 e. The Labute approximate surface area is 279 Å². The van der Waals surface area contributed by atoms with Gasteiger partial charge in [0.25, 0.3) is 0 Å². The van der Waals surface area contributed by atoms with Gasteiger partial charge < -0.3 is 4.42 Å². The van der Waals surface area contributed by atoms with E-state index in [1.54, 1.807) is 11.3 Å². The van der Waals surface area contributed by atoms with E-state index < -0.39 is 0 Å². The lowest BCUT2D eigenvalue weighted by molar-refractivity contribution is 0.672. The molecule has 3 heterocycles. The molecule has 0 unspecified atom stereocenters. The Morgan fingerprint density at radius 2 is 1.06 bits per heavy atom. The van der Waals surface area contributed by atoms with Gasteiger partial charge in [-0.1, -0.05) is 115 Å². The van der Waals surface area contributed by atoms with Crippen LogP contribution in [-0.2, 0) is 0 Å². The first kappa shape index (κ1) is 27.0. The number of aromatic nitrogens is 3. The molecule has 0 radical (unpaired) electrons. The smallest absolute Gasteiger partial charge is 0.164 e. The SMILES string of the molecule is c1ccc(-c2ccc3c(c2)c(-c2nc(-c4ccccc4)nc(-c4cccc5sc6ccccc6c45)n2)cc2c4ccccc4oc32)cc1. The number of furan rings is 1. The van der Waals surface area contributed by atoms with E-state index in [4.69, 9.17) is 19.4 Å². The van der Waals surface area contributed by atoms with Gasteiger partial charge in [0.2, 0.25) is 0 Å². The van der Waals surface area contributed by atoms with E-state index in [1.165, 1.54) is 20.2 Å². The third-order valence-corrected chi connectivity index (χ3v) is 10.3. The summed E-state index contributed by atoms with van der Waals surface area (Å²) in [6.45, 7) is 0. The highest BCUT2D eigenvalue weighted by Crippen LogP contribution is 2.43. The third kappa shape index (κ3) is 4.25. The molecule has 0 atom stereocenters. The van der Waals surface area contributed by atoms with Gasteiger partial charge in [-0.2, -0.15) is 0 Å².